The number of hydrogen-bond acceptors (Lipinski definition) is 7. The second kappa shape index (κ2) is 5.44. The summed E-state index contributed by atoms with van der Waals surface area (Å²) in [6, 6.07) is 1.96. The molecular weight excluding hydrogens is 288 g/mol. The van der Waals surface area contributed by atoms with Gasteiger partial charge in [-0.25, -0.2) is 10.1 Å². The van der Waals surface area contributed by atoms with Crippen LogP contribution in [0, 0.1) is 0 Å². The Morgan fingerprint density at radius 1 is 1.48 bits per heavy atom. The van der Waals surface area contributed by atoms with Gasteiger partial charge in [0.05, 0.1) is 17.9 Å². The predicted octanol–water partition coefficient (Wildman–Crippen LogP) is 1.07. The van der Waals surface area contributed by atoms with E-state index < -0.39 is 0 Å². The van der Waals surface area contributed by atoms with Crippen LogP contribution in [0.2, 0.25) is 0 Å². The molecule has 0 spiro atoms. The maximum atomic E-state index is 11.3. The van der Waals surface area contributed by atoms with Gasteiger partial charge in [0.2, 0.25) is 5.13 Å². The van der Waals surface area contributed by atoms with Gasteiger partial charge in [0.15, 0.2) is 0 Å². The number of H-pyrrole nitrogens is 1. The fourth-order valence-electron chi connectivity index (χ4n) is 2.21. The van der Waals surface area contributed by atoms with Gasteiger partial charge < -0.3 is 9.80 Å². The fraction of sp³-hybridized carbons (Fsp3) is 0.538. The molecule has 0 bridgehead atoms. The molecule has 1 aliphatic heterocycles. The first kappa shape index (κ1) is 14.0. The van der Waals surface area contributed by atoms with Crippen molar-refractivity contribution in [3.8, 4) is 0 Å². The quantitative estimate of drug-likeness (QED) is 0.910. The average molecular weight is 306 g/mol. The lowest BCUT2D eigenvalue weighted by molar-refractivity contribution is 0.494. The van der Waals surface area contributed by atoms with Crippen molar-refractivity contribution in [1.29, 1.82) is 0 Å². The van der Waals surface area contributed by atoms with E-state index in [1.54, 1.807) is 12.3 Å². The predicted molar refractivity (Wildman–Crippen MR) is 83.3 cm³/mol. The maximum absolute atomic E-state index is 11.3. The lowest BCUT2D eigenvalue weighted by atomic mass is 10.1. The molecule has 0 atom stereocenters. The zero-order chi connectivity index (χ0) is 15.0. The molecule has 7 nitrogen and oxygen atoms in total. The summed E-state index contributed by atoms with van der Waals surface area (Å²) in [6.07, 6.45) is 1.68. The number of likely N-dealkylation sites (N-methyl/N-ethyl adjacent to an activating group) is 1. The molecule has 0 aliphatic carbocycles. The fourth-order valence-corrected chi connectivity index (χ4v) is 3.05. The molecule has 112 valence electrons. The SMILES string of the molecule is CC(C)c1nsc(N(C)C2CN(c3cn[nH]c(=O)c3)C2)n1. The van der Waals surface area contributed by atoms with Crippen molar-refractivity contribution in [3.05, 3.63) is 28.4 Å². The van der Waals surface area contributed by atoms with E-state index in [-0.39, 0.29) is 5.56 Å². The summed E-state index contributed by atoms with van der Waals surface area (Å²) in [5, 5.41) is 7.16. The molecule has 0 saturated carbocycles. The van der Waals surface area contributed by atoms with Crippen LogP contribution in [0.5, 0.6) is 0 Å². The summed E-state index contributed by atoms with van der Waals surface area (Å²) in [4.78, 5) is 20.1. The Hall–Kier alpha value is -1.96. The average Bonchev–Trinajstić information content (AvgIpc) is 2.86. The van der Waals surface area contributed by atoms with Crippen molar-refractivity contribution < 1.29 is 0 Å². The monoisotopic (exact) mass is 306 g/mol. The first-order valence-corrected chi connectivity index (χ1v) is 7.68. The molecule has 0 amide bonds. The molecule has 8 heteroatoms. The van der Waals surface area contributed by atoms with Crippen molar-refractivity contribution in [2.75, 3.05) is 29.9 Å². The molecule has 3 rings (SSSR count). The Morgan fingerprint density at radius 2 is 2.24 bits per heavy atom. The van der Waals surface area contributed by atoms with Crippen LogP contribution in [0.25, 0.3) is 0 Å². The second-order valence-corrected chi connectivity index (χ2v) is 6.29. The third kappa shape index (κ3) is 2.76. The highest BCUT2D eigenvalue weighted by Gasteiger charge is 2.32. The molecule has 21 heavy (non-hydrogen) atoms. The van der Waals surface area contributed by atoms with Crippen LogP contribution in [0.1, 0.15) is 25.6 Å². The molecule has 1 aliphatic rings. The van der Waals surface area contributed by atoms with E-state index in [2.05, 4.69) is 43.2 Å². The first-order chi connectivity index (χ1) is 10.0. The van der Waals surface area contributed by atoms with Gasteiger partial charge in [-0.15, -0.1) is 0 Å². The maximum Gasteiger partial charge on any atom is 0.266 e. The summed E-state index contributed by atoms with van der Waals surface area (Å²) in [5.41, 5.74) is 0.693. The summed E-state index contributed by atoms with van der Waals surface area (Å²) >= 11 is 1.44. The number of nitrogens with zero attached hydrogens (tertiary/aromatic N) is 5. The minimum atomic E-state index is -0.171. The van der Waals surface area contributed by atoms with Crippen LogP contribution in [0.3, 0.4) is 0 Å². The molecule has 2 aromatic heterocycles. The van der Waals surface area contributed by atoms with Gasteiger partial charge in [0, 0.05) is 43.7 Å². The molecule has 0 radical (unpaired) electrons. The van der Waals surface area contributed by atoms with Crippen LogP contribution in [0.4, 0.5) is 10.8 Å². The van der Waals surface area contributed by atoms with Crippen molar-refractivity contribution in [2.24, 2.45) is 0 Å². The van der Waals surface area contributed by atoms with Crippen molar-refractivity contribution in [2.45, 2.75) is 25.8 Å². The molecule has 3 heterocycles. The Bertz CT molecular complexity index is 675. The summed E-state index contributed by atoms with van der Waals surface area (Å²) in [7, 11) is 2.04. The van der Waals surface area contributed by atoms with Gasteiger partial charge in [0.25, 0.3) is 5.56 Å². The number of hydrogen-bond donors (Lipinski definition) is 1. The Morgan fingerprint density at radius 3 is 2.86 bits per heavy atom. The Balaban J connectivity index is 1.64. The highest BCUT2D eigenvalue weighted by atomic mass is 32.1. The molecule has 1 N–H and O–H groups in total. The van der Waals surface area contributed by atoms with Crippen molar-refractivity contribution in [3.63, 3.8) is 0 Å². The van der Waals surface area contributed by atoms with E-state index in [0.717, 1.165) is 29.7 Å². The Kier molecular flexibility index (Phi) is 3.62. The number of nitrogens with one attached hydrogen (secondary N) is 1. The third-order valence-corrected chi connectivity index (χ3v) is 4.50. The summed E-state index contributed by atoms with van der Waals surface area (Å²) in [6.45, 7) is 5.91. The van der Waals surface area contributed by atoms with E-state index in [0.29, 0.717) is 12.0 Å². The lowest BCUT2D eigenvalue weighted by Crippen LogP contribution is -2.59. The molecule has 2 aromatic rings. The molecule has 0 aromatic carbocycles. The number of anilines is 2. The van der Waals surface area contributed by atoms with Crippen molar-refractivity contribution in [1.82, 2.24) is 19.6 Å². The van der Waals surface area contributed by atoms with Crippen molar-refractivity contribution >= 4 is 22.4 Å². The zero-order valence-corrected chi connectivity index (χ0v) is 13.1. The van der Waals surface area contributed by atoms with Crippen LogP contribution in [-0.4, -0.2) is 45.7 Å². The largest absolute Gasteiger partial charge is 0.366 e. The molecule has 0 unspecified atom stereocenters. The number of aromatic amines is 1. The lowest BCUT2D eigenvalue weighted by Gasteiger charge is -2.44. The van der Waals surface area contributed by atoms with E-state index in [9.17, 15) is 4.79 Å². The minimum absolute atomic E-state index is 0.171. The highest BCUT2D eigenvalue weighted by molar-refractivity contribution is 7.09. The van der Waals surface area contributed by atoms with Gasteiger partial charge in [-0.05, 0) is 0 Å². The Labute approximate surface area is 126 Å². The van der Waals surface area contributed by atoms with Gasteiger partial charge >= 0.3 is 0 Å². The summed E-state index contributed by atoms with van der Waals surface area (Å²) < 4.78 is 4.39. The number of aromatic nitrogens is 4. The second-order valence-electron chi connectivity index (χ2n) is 5.56. The highest BCUT2D eigenvalue weighted by Crippen LogP contribution is 2.27. The standard InChI is InChI=1S/C13H18N6OS/c1-8(2)12-15-13(21-17-12)18(3)10-6-19(7-10)9-4-11(20)16-14-5-9/h4-5,8,10H,6-7H2,1-3H3,(H,16,20). The first-order valence-electron chi connectivity index (χ1n) is 6.90. The van der Waals surface area contributed by atoms with Crippen LogP contribution in [0.15, 0.2) is 17.1 Å². The molecule has 1 fully saturated rings. The van der Waals surface area contributed by atoms with E-state index in [1.165, 1.54) is 11.5 Å². The van der Waals surface area contributed by atoms with Gasteiger partial charge in [-0.3, -0.25) is 4.79 Å². The van der Waals surface area contributed by atoms with E-state index >= 15 is 0 Å². The van der Waals surface area contributed by atoms with Crippen LogP contribution in [-0.2, 0) is 0 Å². The summed E-state index contributed by atoms with van der Waals surface area (Å²) in [5.74, 6) is 1.25. The topological polar surface area (TPSA) is 78.0 Å². The van der Waals surface area contributed by atoms with E-state index in [1.807, 2.05) is 7.05 Å². The van der Waals surface area contributed by atoms with Gasteiger partial charge in [-0.1, -0.05) is 13.8 Å². The van der Waals surface area contributed by atoms with E-state index in [4.69, 9.17) is 0 Å². The molecule has 1 saturated heterocycles. The van der Waals surface area contributed by atoms with Crippen LogP contribution < -0.4 is 15.4 Å². The smallest absolute Gasteiger partial charge is 0.266 e. The third-order valence-electron chi connectivity index (χ3n) is 3.67. The van der Waals surface area contributed by atoms with Crippen LogP contribution >= 0.6 is 11.5 Å². The normalized spacial score (nSPS) is 15.3. The van der Waals surface area contributed by atoms with Gasteiger partial charge in [-0.2, -0.15) is 9.47 Å². The zero-order valence-electron chi connectivity index (χ0n) is 12.3. The number of rotatable bonds is 4. The molecular formula is C13H18N6OS. The minimum Gasteiger partial charge on any atom is -0.366 e. The van der Waals surface area contributed by atoms with Gasteiger partial charge in [0.1, 0.15) is 5.82 Å².